The number of anilines is 6. The molecule has 2 aliphatic carbocycles. The van der Waals surface area contributed by atoms with E-state index >= 15 is 0 Å². The van der Waals surface area contributed by atoms with Gasteiger partial charge in [0.15, 0.2) is 0 Å². The van der Waals surface area contributed by atoms with Gasteiger partial charge in [0.2, 0.25) is 0 Å². The Labute approximate surface area is 482 Å². The van der Waals surface area contributed by atoms with Gasteiger partial charge in [-0.3, -0.25) is 0 Å². The van der Waals surface area contributed by atoms with Gasteiger partial charge >= 0.3 is 0 Å². The number of hydrogen-bond donors (Lipinski definition) is 0. The molecule has 13 aromatic carbocycles. The van der Waals surface area contributed by atoms with Crippen LogP contribution in [0.5, 0.6) is 0 Å². The molecule has 0 amide bonds. The average Bonchev–Trinajstić information content (AvgIpc) is 2.23. The van der Waals surface area contributed by atoms with E-state index in [9.17, 15) is 0 Å². The first kappa shape index (κ1) is 47.7. The summed E-state index contributed by atoms with van der Waals surface area (Å²) in [7, 11) is 0. The van der Waals surface area contributed by atoms with Crippen LogP contribution in [-0.4, -0.2) is 0 Å². The van der Waals surface area contributed by atoms with Crippen molar-refractivity contribution < 1.29 is 0 Å². The first-order valence-corrected chi connectivity index (χ1v) is 29.0. The molecule has 3 heteroatoms. The Morgan fingerprint density at radius 1 is 0.220 bits per heavy atom. The second-order valence-electron chi connectivity index (χ2n) is 21.5. The lowest BCUT2D eigenvalue weighted by molar-refractivity contribution is 0.793. The highest BCUT2D eigenvalue weighted by atomic mass is 32.1. The molecule has 0 saturated heterocycles. The fourth-order valence-electron chi connectivity index (χ4n) is 13.4. The smallest absolute Gasteiger partial charge is 0.0727 e. The Morgan fingerprint density at radius 2 is 0.585 bits per heavy atom. The number of thiophene rings is 1. The molecule has 2 nitrogen and oxygen atoms in total. The fourth-order valence-corrected chi connectivity index (χ4v) is 14.6. The summed E-state index contributed by atoms with van der Waals surface area (Å²) in [5.74, 6) is 0. The standard InChI is InChI=1S/C79H52N2S/c1-6-22-53(23-7-1)55-38-42-57(43-39-55)67-49-69-63-32-16-19-35-71(63)79(73(69)51-75(67)80(59-26-10-3-11-27-59)60-28-12-4-13-29-60)72-36-20-17-33-64(72)70-50-68(58-44-40-56(41-45-58)54-24-8-2-9-25-54)76(52-74(70)79)81(61-30-14-5-15-31-61)62-46-47-66-65-34-18-21-37-77(65)82-78(66)48-62/h1-52H. The molecule has 0 bridgehead atoms. The summed E-state index contributed by atoms with van der Waals surface area (Å²) >= 11 is 1.86. The van der Waals surface area contributed by atoms with Crippen LogP contribution in [-0.2, 0) is 5.41 Å². The highest BCUT2D eigenvalue weighted by Gasteiger charge is 2.53. The third kappa shape index (κ3) is 7.62. The molecule has 1 spiro atoms. The van der Waals surface area contributed by atoms with Gasteiger partial charge in [0.25, 0.3) is 0 Å². The number of rotatable bonds is 10. The third-order valence-electron chi connectivity index (χ3n) is 17.1. The van der Waals surface area contributed by atoms with E-state index in [4.69, 9.17) is 0 Å². The molecule has 14 aromatic rings. The monoisotopic (exact) mass is 1060 g/mol. The number of benzene rings is 13. The first-order chi connectivity index (χ1) is 40.7. The van der Waals surface area contributed by atoms with Gasteiger partial charge in [0.05, 0.1) is 16.8 Å². The highest BCUT2D eigenvalue weighted by Crippen LogP contribution is 2.66. The molecule has 1 heterocycles. The summed E-state index contributed by atoms with van der Waals surface area (Å²) in [5.41, 5.74) is 25.4. The van der Waals surface area contributed by atoms with E-state index in [0.717, 1.165) is 56.4 Å². The summed E-state index contributed by atoms with van der Waals surface area (Å²) in [6.45, 7) is 0. The topological polar surface area (TPSA) is 6.48 Å². The molecule has 1 atom stereocenters. The van der Waals surface area contributed by atoms with E-state index in [2.05, 4.69) is 325 Å². The van der Waals surface area contributed by atoms with Gasteiger partial charge in [-0.05, 0) is 157 Å². The Hall–Kier alpha value is -10.3. The minimum absolute atomic E-state index is 0.705. The normalized spacial score (nSPS) is 13.7. The van der Waals surface area contributed by atoms with Gasteiger partial charge in [-0.25, -0.2) is 0 Å². The lowest BCUT2D eigenvalue weighted by Gasteiger charge is -2.35. The van der Waals surface area contributed by atoms with E-state index in [-0.39, 0.29) is 0 Å². The Bertz CT molecular complexity index is 4660. The van der Waals surface area contributed by atoms with E-state index in [1.807, 2.05) is 11.3 Å². The molecular formula is C79H52N2S. The summed E-state index contributed by atoms with van der Waals surface area (Å²) in [6.07, 6.45) is 0. The maximum atomic E-state index is 2.58. The van der Waals surface area contributed by atoms with Gasteiger partial charge < -0.3 is 9.80 Å². The van der Waals surface area contributed by atoms with Crippen molar-refractivity contribution in [2.24, 2.45) is 0 Å². The molecule has 82 heavy (non-hydrogen) atoms. The summed E-state index contributed by atoms with van der Waals surface area (Å²) in [6, 6.07) is 117. The largest absolute Gasteiger partial charge is 0.310 e. The van der Waals surface area contributed by atoms with Crippen LogP contribution in [0.25, 0.3) is 86.9 Å². The molecule has 0 N–H and O–H groups in total. The zero-order valence-electron chi connectivity index (χ0n) is 44.8. The van der Waals surface area contributed by atoms with Crippen LogP contribution in [0.1, 0.15) is 22.3 Å². The number of fused-ring (bicyclic) bond motifs is 13. The molecule has 2 aliphatic rings. The second-order valence-corrected chi connectivity index (χ2v) is 22.6. The number of hydrogen-bond acceptors (Lipinski definition) is 3. The maximum Gasteiger partial charge on any atom is 0.0727 e. The molecule has 384 valence electrons. The third-order valence-corrected chi connectivity index (χ3v) is 18.2. The lowest BCUT2D eigenvalue weighted by Crippen LogP contribution is -2.27. The van der Waals surface area contributed by atoms with E-state index in [1.54, 1.807) is 0 Å². The zero-order valence-corrected chi connectivity index (χ0v) is 45.6. The molecule has 0 aliphatic heterocycles. The fraction of sp³-hybridized carbons (Fsp3) is 0.0127. The van der Waals surface area contributed by atoms with Crippen molar-refractivity contribution in [1.29, 1.82) is 0 Å². The van der Waals surface area contributed by atoms with Crippen molar-refractivity contribution >= 4 is 65.6 Å². The SMILES string of the molecule is c1ccc(-c2ccc(-c3cc4c(cc3N(c3ccccc3)c3ccccc3)C3(c5ccccc5-4)c4ccccc4-c4cc(-c5ccc(-c6ccccc6)cc5)c(N(c5ccccc5)c5ccc6c(c5)sc5ccccc56)cc43)cc2)cc1. The van der Waals surface area contributed by atoms with Crippen LogP contribution in [0.15, 0.2) is 315 Å². The predicted molar refractivity (Wildman–Crippen MR) is 347 cm³/mol. The van der Waals surface area contributed by atoms with Crippen LogP contribution >= 0.6 is 11.3 Å². The van der Waals surface area contributed by atoms with Crippen molar-refractivity contribution in [2.75, 3.05) is 9.80 Å². The van der Waals surface area contributed by atoms with Crippen LogP contribution < -0.4 is 9.80 Å². The molecule has 0 radical (unpaired) electrons. The van der Waals surface area contributed by atoms with Gasteiger partial charge in [0, 0.05) is 54.0 Å². The molecule has 0 fully saturated rings. The minimum atomic E-state index is -0.705. The molecule has 16 rings (SSSR count). The zero-order chi connectivity index (χ0) is 54.1. The quantitative estimate of drug-likeness (QED) is 0.135. The van der Waals surface area contributed by atoms with Crippen molar-refractivity contribution in [3.05, 3.63) is 338 Å². The Kier molecular flexibility index (Phi) is 11.3. The van der Waals surface area contributed by atoms with Crippen LogP contribution in [0.4, 0.5) is 34.1 Å². The number of para-hydroxylation sites is 3. The van der Waals surface area contributed by atoms with Crippen LogP contribution in [0, 0.1) is 0 Å². The van der Waals surface area contributed by atoms with Crippen LogP contribution in [0.3, 0.4) is 0 Å². The molecule has 0 saturated carbocycles. The first-order valence-electron chi connectivity index (χ1n) is 28.2. The van der Waals surface area contributed by atoms with Crippen molar-refractivity contribution in [1.82, 2.24) is 0 Å². The Morgan fingerprint density at radius 3 is 1.06 bits per heavy atom. The number of nitrogens with zero attached hydrogens (tertiary/aromatic N) is 2. The van der Waals surface area contributed by atoms with E-state index in [0.29, 0.717) is 0 Å². The van der Waals surface area contributed by atoms with Gasteiger partial charge in [0.1, 0.15) is 0 Å². The lowest BCUT2D eigenvalue weighted by atomic mass is 9.70. The Balaban J connectivity index is 0.996. The highest BCUT2D eigenvalue weighted by molar-refractivity contribution is 7.25. The van der Waals surface area contributed by atoms with Crippen molar-refractivity contribution in [3.8, 4) is 66.8 Å². The summed E-state index contributed by atoms with van der Waals surface area (Å²) in [4.78, 5) is 4.98. The van der Waals surface area contributed by atoms with Gasteiger partial charge in [-0.2, -0.15) is 0 Å². The predicted octanol–water partition coefficient (Wildman–Crippen LogP) is 22.0. The van der Waals surface area contributed by atoms with Gasteiger partial charge in [-0.15, -0.1) is 11.3 Å². The van der Waals surface area contributed by atoms with Crippen molar-refractivity contribution in [3.63, 3.8) is 0 Å². The maximum absolute atomic E-state index is 2.58. The van der Waals surface area contributed by atoms with Crippen molar-refractivity contribution in [2.45, 2.75) is 5.41 Å². The molecule has 1 unspecified atom stereocenters. The van der Waals surface area contributed by atoms with E-state index < -0.39 is 5.41 Å². The average molecular weight is 1060 g/mol. The molecule has 1 aromatic heterocycles. The summed E-state index contributed by atoms with van der Waals surface area (Å²) < 4.78 is 2.55. The van der Waals surface area contributed by atoms with Crippen LogP contribution in [0.2, 0.25) is 0 Å². The second kappa shape index (κ2) is 19.5. The van der Waals surface area contributed by atoms with E-state index in [1.165, 1.54) is 86.9 Å². The van der Waals surface area contributed by atoms with Gasteiger partial charge in [-0.1, -0.05) is 237 Å². The molecular weight excluding hydrogens is 1010 g/mol. The summed E-state index contributed by atoms with van der Waals surface area (Å²) in [5, 5.41) is 2.57. The minimum Gasteiger partial charge on any atom is -0.310 e.